The molecule has 0 aromatic rings. The molecule has 0 aromatic heterocycles. The maximum absolute atomic E-state index is 2.18. The lowest BCUT2D eigenvalue weighted by Crippen LogP contribution is -1.66. The summed E-state index contributed by atoms with van der Waals surface area (Å²) in [5.41, 5.74) is 0. The van der Waals surface area contributed by atoms with Crippen molar-refractivity contribution in [3.05, 3.63) is 24.3 Å². The number of hydrogen-bond donors (Lipinski definition) is 0. The maximum atomic E-state index is 2.18. The van der Waals surface area contributed by atoms with E-state index in [1.54, 1.807) is 0 Å². The molecule has 1 rings (SSSR count). The minimum atomic E-state index is 0. The summed E-state index contributed by atoms with van der Waals surface area (Å²) in [4.78, 5) is 0. The third kappa shape index (κ3) is 2.46. The van der Waals surface area contributed by atoms with Gasteiger partial charge in [0.1, 0.15) is 0 Å². The summed E-state index contributed by atoms with van der Waals surface area (Å²) in [5.74, 6) is 0. The topological polar surface area (TPSA) is 0 Å². The lowest BCUT2D eigenvalue weighted by Gasteiger charge is -1.87. The van der Waals surface area contributed by atoms with Gasteiger partial charge in [-0.15, -0.1) is 12.4 Å². The molecular weight excluding hydrogens is 108 g/mol. The van der Waals surface area contributed by atoms with Gasteiger partial charge in [-0.1, -0.05) is 24.3 Å². The Morgan fingerprint density at radius 1 is 0.714 bits per heavy atom. The van der Waals surface area contributed by atoms with Crippen molar-refractivity contribution in [1.29, 1.82) is 0 Å². The van der Waals surface area contributed by atoms with Gasteiger partial charge in [0.05, 0.1) is 0 Å². The Labute approximate surface area is 50.3 Å². The fourth-order valence-corrected chi connectivity index (χ4v) is 0.542. The zero-order valence-corrected chi connectivity index (χ0v) is 4.95. The van der Waals surface area contributed by atoms with Crippen LogP contribution in [0.15, 0.2) is 24.3 Å². The zero-order chi connectivity index (χ0) is 4.24. The molecule has 0 spiro atoms. The molecule has 40 valence electrons. The quantitative estimate of drug-likeness (QED) is 0.426. The van der Waals surface area contributed by atoms with Gasteiger partial charge in [0.15, 0.2) is 0 Å². The fourth-order valence-electron chi connectivity index (χ4n) is 0.542. The van der Waals surface area contributed by atoms with Crippen molar-refractivity contribution >= 4 is 12.4 Å². The summed E-state index contributed by atoms with van der Waals surface area (Å²) in [6.45, 7) is 0. The van der Waals surface area contributed by atoms with E-state index in [1.807, 2.05) is 0 Å². The number of allylic oxidation sites excluding steroid dienone is 4. The predicted octanol–water partition coefficient (Wildman–Crippen LogP) is 2.31. The molecule has 0 heterocycles. The molecule has 0 nitrogen and oxygen atoms in total. The molecule has 0 amide bonds. The van der Waals surface area contributed by atoms with Crippen LogP contribution in [0.4, 0.5) is 0 Å². The van der Waals surface area contributed by atoms with Crippen molar-refractivity contribution < 1.29 is 0 Å². The molecule has 0 bridgehead atoms. The second kappa shape index (κ2) is 3.94. The Bertz CT molecular complexity index is 62.2. The highest BCUT2D eigenvalue weighted by Crippen LogP contribution is 1.97. The van der Waals surface area contributed by atoms with Crippen LogP contribution in [0.3, 0.4) is 0 Å². The number of halogens is 1. The van der Waals surface area contributed by atoms with E-state index in [0.29, 0.717) is 0 Å². The van der Waals surface area contributed by atoms with Gasteiger partial charge in [-0.3, -0.25) is 0 Å². The van der Waals surface area contributed by atoms with Crippen LogP contribution < -0.4 is 0 Å². The van der Waals surface area contributed by atoms with E-state index >= 15 is 0 Å². The summed E-state index contributed by atoms with van der Waals surface area (Å²) < 4.78 is 0. The Hall–Kier alpha value is -0.230. The molecule has 0 aliphatic heterocycles. The Morgan fingerprint density at radius 3 is 1.14 bits per heavy atom. The highest BCUT2D eigenvalue weighted by atomic mass is 35.5. The third-order valence-electron chi connectivity index (χ3n) is 0.878. The molecule has 0 aromatic carbocycles. The maximum Gasteiger partial charge on any atom is -0.0169 e. The lowest BCUT2D eigenvalue weighted by atomic mass is 10.2. The Balaban J connectivity index is 0.000000360. The van der Waals surface area contributed by atoms with Crippen molar-refractivity contribution in [1.82, 2.24) is 0 Å². The average molecular weight is 117 g/mol. The van der Waals surface area contributed by atoms with Gasteiger partial charge in [0.25, 0.3) is 0 Å². The van der Waals surface area contributed by atoms with Gasteiger partial charge in [-0.2, -0.15) is 0 Å². The standard InChI is InChI=1S/C6H8.ClH/c1-2-4-6-5-3-1;/h1-2,5-6H,3-4H2;1H. The smallest absolute Gasteiger partial charge is 0.0169 e. The molecule has 0 radical (unpaired) electrons. The first-order valence-corrected chi connectivity index (χ1v) is 2.30. The van der Waals surface area contributed by atoms with Crippen LogP contribution >= 0.6 is 12.4 Å². The van der Waals surface area contributed by atoms with E-state index in [1.165, 1.54) is 0 Å². The molecule has 0 N–H and O–H groups in total. The van der Waals surface area contributed by atoms with Crippen LogP contribution in [0.5, 0.6) is 0 Å². The second-order valence-electron chi connectivity index (χ2n) is 1.41. The minimum absolute atomic E-state index is 0. The molecule has 0 saturated heterocycles. The highest BCUT2D eigenvalue weighted by Gasteiger charge is 1.76. The summed E-state index contributed by atoms with van der Waals surface area (Å²) in [5, 5.41) is 0. The van der Waals surface area contributed by atoms with E-state index in [0.717, 1.165) is 12.8 Å². The van der Waals surface area contributed by atoms with Crippen LogP contribution in [-0.4, -0.2) is 0 Å². The molecular formula is C6H9Cl. The summed E-state index contributed by atoms with van der Waals surface area (Å²) in [6.07, 6.45) is 11.0. The third-order valence-corrected chi connectivity index (χ3v) is 0.878. The molecule has 1 aliphatic carbocycles. The van der Waals surface area contributed by atoms with Gasteiger partial charge < -0.3 is 0 Å². The molecule has 0 unspecified atom stereocenters. The first-order valence-electron chi connectivity index (χ1n) is 2.30. The highest BCUT2D eigenvalue weighted by molar-refractivity contribution is 5.85. The van der Waals surface area contributed by atoms with E-state index in [9.17, 15) is 0 Å². The van der Waals surface area contributed by atoms with Crippen LogP contribution in [0, 0.1) is 0 Å². The van der Waals surface area contributed by atoms with Crippen molar-refractivity contribution in [3.8, 4) is 0 Å². The molecule has 7 heavy (non-hydrogen) atoms. The van der Waals surface area contributed by atoms with Crippen LogP contribution in [0.1, 0.15) is 12.8 Å². The Morgan fingerprint density at radius 2 is 1.00 bits per heavy atom. The monoisotopic (exact) mass is 116 g/mol. The van der Waals surface area contributed by atoms with Crippen molar-refractivity contribution in [3.63, 3.8) is 0 Å². The minimum Gasteiger partial charge on any atom is -0.147 e. The first kappa shape index (κ1) is 6.77. The number of hydrogen-bond acceptors (Lipinski definition) is 0. The average Bonchev–Trinajstić information content (AvgIpc) is 1.72. The van der Waals surface area contributed by atoms with E-state index < -0.39 is 0 Å². The van der Waals surface area contributed by atoms with Gasteiger partial charge in [-0.25, -0.2) is 0 Å². The molecule has 0 fully saturated rings. The molecule has 0 atom stereocenters. The number of rotatable bonds is 0. The predicted molar refractivity (Wildman–Crippen MR) is 34.8 cm³/mol. The fraction of sp³-hybridized carbons (Fsp3) is 0.333. The van der Waals surface area contributed by atoms with Crippen molar-refractivity contribution in [2.45, 2.75) is 12.8 Å². The zero-order valence-electron chi connectivity index (χ0n) is 4.13. The van der Waals surface area contributed by atoms with Gasteiger partial charge in [0.2, 0.25) is 0 Å². The van der Waals surface area contributed by atoms with Crippen LogP contribution in [0.2, 0.25) is 0 Å². The SMILES string of the molecule is C1=CCC=CC1.Cl. The Kier molecular flexibility index (Phi) is 3.81. The summed E-state index contributed by atoms with van der Waals surface area (Å²) in [6, 6.07) is 0. The van der Waals surface area contributed by atoms with E-state index in [4.69, 9.17) is 0 Å². The normalized spacial score (nSPS) is 16.0. The first-order chi connectivity index (χ1) is 3.00. The molecule has 1 heteroatoms. The van der Waals surface area contributed by atoms with Gasteiger partial charge in [0, 0.05) is 0 Å². The summed E-state index contributed by atoms with van der Waals surface area (Å²) in [7, 11) is 0. The largest absolute Gasteiger partial charge is 0.147 e. The summed E-state index contributed by atoms with van der Waals surface area (Å²) >= 11 is 0. The van der Waals surface area contributed by atoms with Crippen molar-refractivity contribution in [2.24, 2.45) is 0 Å². The second-order valence-corrected chi connectivity index (χ2v) is 1.41. The van der Waals surface area contributed by atoms with Gasteiger partial charge >= 0.3 is 0 Å². The molecule has 1 aliphatic rings. The van der Waals surface area contributed by atoms with Gasteiger partial charge in [-0.05, 0) is 12.8 Å². The molecule has 0 saturated carbocycles. The van der Waals surface area contributed by atoms with E-state index in [-0.39, 0.29) is 12.4 Å². The van der Waals surface area contributed by atoms with Crippen molar-refractivity contribution in [2.75, 3.05) is 0 Å². The van der Waals surface area contributed by atoms with E-state index in [2.05, 4.69) is 24.3 Å². The van der Waals surface area contributed by atoms with Crippen LogP contribution in [0.25, 0.3) is 0 Å². The lowest BCUT2D eigenvalue weighted by molar-refractivity contribution is 1.23. The van der Waals surface area contributed by atoms with Crippen LogP contribution in [-0.2, 0) is 0 Å².